The maximum absolute atomic E-state index is 13.4. The summed E-state index contributed by atoms with van der Waals surface area (Å²) in [5, 5.41) is 20.2. The number of methoxy groups -OCH3 is 1. The van der Waals surface area contributed by atoms with E-state index in [1.165, 1.54) is 49.2 Å². The molecule has 0 unspecified atom stereocenters. The molecule has 1 amide bonds. The summed E-state index contributed by atoms with van der Waals surface area (Å²) in [7, 11) is -2.70. The average Bonchev–Trinajstić information content (AvgIpc) is 2.82. The van der Waals surface area contributed by atoms with Crippen LogP contribution in [0.2, 0.25) is 0 Å². The van der Waals surface area contributed by atoms with E-state index in [9.17, 15) is 18.4 Å². The Morgan fingerprint density at radius 1 is 1.09 bits per heavy atom. The third-order valence-corrected chi connectivity index (χ3v) is 6.32. The quantitative estimate of drug-likeness (QED) is 0.232. The summed E-state index contributed by atoms with van der Waals surface area (Å²) >= 11 is 0. The van der Waals surface area contributed by atoms with Crippen LogP contribution in [0.4, 0.5) is 5.69 Å². The van der Waals surface area contributed by atoms with Crippen LogP contribution in [-0.4, -0.2) is 33.2 Å². The Balaban J connectivity index is 2.05. The van der Waals surface area contributed by atoms with Crippen LogP contribution in [-0.2, 0) is 14.8 Å². The van der Waals surface area contributed by atoms with Crippen molar-refractivity contribution >= 4 is 33.8 Å². The van der Waals surface area contributed by atoms with E-state index in [4.69, 9.17) is 9.94 Å². The molecule has 2 N–H and O–H groups in total. The van der Waals surface area contributed by atoms with Gasteiger partial charge in [-0.1, -0.05) is 30.4 Å². The molecule has 0 spiro atoms. The number of benzene rings is 2. The van der Waals surface area contributed by atoms with Crippen molar-refractivity contribution in [2.45, 2.75) is 4.90 Å². The SMILES string of the molecule is COc1ccc(S(=O)(=O)N(CC(=O)NO)c2ccccc2/C=C/c2cc[n+]([O-])cc2)cc1. The van der Waals surface area contributed by atoms with Gasteiger partial charge in [0, 0.05) is 12.1 Å². The maximum Gasteiger partial charge on any atom is 0.264 e. The Kier molecular flexibility index (Phi) is 7.08. The first-order chi connectivity index (χ1) is 15.3. The highest BCUT2D eigenvalue weighted by molar-refractivity contribution is 7.92. The Bertz CT molecular complexity index is 1210. The van der Waals surface area contributed by atoms with Gasteiger partial charge in [-0.05, 0) is 41.5 Å². The molecule has 0 radical (unpaired) electrons. The minimum absolute atomic E-state index is 0.0501. The second-order valence-electron chi connectivity index (χ2n) is 6.61. The molecule has 0 atom stereocenters. The summed E-state index contributed by atoms with van der Waals surface area (Å²) in [4.78, 5) is 11.9. The Morgan fingerprint density at radius 3 is 2.38 bits per heavy atom. The molecule has 32 heavy (non-hydrogen) atoms. The minimum Gasteiger partial charge on any atom is -0.619 e. The first-order valence-electron chi connectivity index (χ1n) is 9.41. The van der Waals surface area contributed by atoms with Crippen molar-refractivity contribution in [2.24, 2.45) is 0 Å². The van der Waals surface area contributed by atoms with Crippen molar-refractivity contribution in [1.29, 1.82) is 0 Å². The monoisotopic (exact) mass is 455 g/mol. The largest absolute Gasteiger partial charge is 0.619 e. The number of nitrogens with zero attached hydrogens (tertiary/aromatic N) is 2. The number of hydrogen-bond donors (Lipinski definition) is 2. The lowest BCUT2D eigenvalue weighted by Crippen LogP contribution is -2.40. The summed E-state index contributed by atoms with van der Waals surface area (Å²) < 4.78 is 33.5. The molecule has 0 aliphatic carbocycles. The van der Waals surface area contributed by atoms with Crippen molar-refractivity contribution in [1.82, 2.24) is 5.48 Å². The first-order valence-corrected chi connectivity index (χ1v) is 10.8. The van der Waals surface area contributed by atoms with E-state index in [1.54, 1.807) is 48.6 Å². The molecular weight excluding hydrogens is 434 g/mol. The van der Waals surface area contributed by atoms with Crippen LogP contribution in [0.15, 0.2) is 78.0 Å². The molecule has 10 heteroatoms. The smallest absolute Gasteiger partial charge is 0.264 e. The van der Waals surface area contributed by atoms with Crippen molar-refractivity contribution in [3.05, 3.63) is 89.4 Å². The van der Waals surface area contributed by atoms with Gasteiger partial charge in [-0.15, -0.1) is 0 Å². The fourth-order valence-corrected chi connectivity index (χ4v) is 4.36. The van der Waals surface area contributed by atoms with Gasteiger partial charge < -0.3 is 9.94 Å². The second kappa shape index (κ2) is 9.94. The molecule has 0 aliphatic rings. The number of hydroxylamine groups is 1. The Labute approximate surface area is 185 Å². The molecule has 0 saturated carbocycles. The summed E-state index contributed by atoms with van der Waals surface area (Å²) in [5.41, 5.74) is 2.94. The van der Waals surface area contributed by atoms with Crippen LogP contribution in [0, 0.1) is 5.21 Å². The number of sulfonamides is 1. The van der Waals surface area contributed by atoms with Gasteiger partial charge in [-0.25, -0.2) is 13.9 Å². The van der Waals surface area contributed by atoms with Crippen LogP contribution < -0.4 is 19.3 Å². The zero-order valence-corrected chi connectivity index (χ0v) is 17.9. The molecule has 9 nitrogen and oxygen atoms in total. The van der Waals surface area contributed by atoms with Gasteiger partial charge >= 0.3 is 0 Å². The molecular formula is C22H21N3O6S. The predicted octanol–water partition coefficient (Wildman–Crippen LogP) is 2.20. The van der Waals surface area contributed by atoms with Crippen molar-refractivity contribution in [3.63, 3.8) is 0 Å². The van der Waals surface area contributed by atoms with Gasteiger partial charge in [-0.3, -0.25) is 14.3 Å². The first kappa shape index (κ1) is 22.8. The molecule has 166 valence electrons. The fraction of sp³-hybridized carbons (Fsp3) is 0.0909. The van der Waals surface area contributed by atoms with E-state index in [0.29, 0.717) is 16.0 Å². The normalized spacial score (nSPS) is 11.3. The van der Waals surface area contributed by atoms with Crippen molar-refractivity contribution < 1.29 is 27.9 Å². The third kappa shape index (κ3) is 5.23. The van der Waals surface area contributed by atoms with E-state index in [-0.39, 0.29) is 10.6 Å². The number of para-hydroxylation sites is 1. The summed E-state index contributed by atoms with van der Waals surface area (Å²) in [6.07, 6.45) is 6.07. The maximum atomic E-state index is 13.4. The van der Waals surface area contributed by atoms with E-state index in [2.05, 4.69) is 0 Å². The highest BCUT2D eigenvalue weighted by Crippen LogP contribution is 2.29. The standard InChI is InChI=1S/C22H21N3O6S/c1-31-19-8-10-20(11-9-19)32(29,30)25(16-22(26)23-27)21-5-3-2-4-18(21)7-6-17-12-14-24(28)15-13-17/h2-15,27H,16H2,1H3,(H,23,26)/b7-6+. The number of carbonyl (C=O) groups is 1. The van der Waals surface area contributed by atoms with Crippen LogP contribution in [0.3, 0.4) is 0 Å². The van der Waals surface area contributed by atoms with Gasteiger partial charge in [-0.2, -0.15) is 4.73 Å². The Morgan fingerprint density at radius 2 is 1.75 bits per heavy atom. The number of aromatic nitrogens is 1. The van der Waals surface area contributed by atoms with Gasteiger partial charge in [0.2, 0.25) is 0 Å². The predicted molar refractivity (Wildman–Crippen MR) is 118 cm³/mol. The molecule has 0 aliphatic heterocycles. The number of ether oxygens (including phenoxy) is 1. The number of amides is 1. The number of hydrogen-bond acceptors (Lipinski definition) is 6. The lowest BCUT2D eigenvalue weighted by Gasteiger charge is -2.25. The molecule has 1 heterocycles. The molecule has 0 bridgehead atoms. The molecule has 2 aromatic carbocycles. The number of rotatable bonds is 8. The van der Waals surface area contributed by atoms with E-state index in [1.807, 2.05) is 0 Å². The lowest BCUT2D eigenvalue weighted by atomic mass is 10.1. The number of anilines is 1. The average molecular weight is 455 g/mol. The molecule has 1 aromatic heterocycles. The zero-order valence-electron chi connectivity index (χ0n) is 17.1. The topological polar surface area (TPSA) is 123 Å². The van der Waals surface area contributed by atoms with E-state index < -0.39 is 22.5 Å². The van der Waals surface area contributed by atoms with E-state index in [0.717, 1.165) is 9.87 Å². The minimum atomic E-state index is -4.17. The van der Waals surface area contributed by atoms with Gasteiger partial charge in [0.15, 0.2) is 12.4 Å². The van der Waals surface area contributed by atoms with E-state index >= 15 is 0 Å². The molecule has 3 aromatic rings. The highest BCUT2D eigenvalue weighted by atomic mass is 32.2. The fourth-order valence-electron chi connectivity index (χ4n) is 2.92. The number of pyridine rings is 1. The van der Waals surface area contributed by atoms with Gasteiger partial charge in [0.25, 0.3) is 15.9 Å². The Hall–Kier alpha value is -3.89. The summed E-state index contributed by atoms with van der Waals surface area (Å²) in [6.45, 7) is -0.642. The van der Waals surface area contributed by atoms with Crippen LogP contribution >= 0.6 is 0 Å². The molecule has 3 rings (SSSR count). The summed E-state index contributed by atoms with van der Waals surface area (Å²) in [5.74, 6) is -0.418. The van der Waals surface area contributed by atoms with Crippen LogP contribution in [0.5, 0.6) is 5.75 Å². The second-order valence-corrected chi connectivity index (χ2v) is 8.47. The van der Waals surface area contributed by atoms with Crippen molar-refractivity contribution in [2.75, 3.05) is 18.0 Å². The summed E-state index contributed by atoms with van der Waals surface area (Å²) in [6, 6.07) is 15.6. The highest BCUT2D eigenvalue weighted by Gasteiger charge is 2.28. The van der Waals surface area contributed by atoms with Gasteiger partial charge in [0.1, 0.15) is 12.3 Å². The lowest BCUT2D eigenvalue weighted by molar-refractivity contribution is -0.605. The number of carbonyl (C=O) groups excluding carboxylic acids is 1. The third-order valence-electron chi connectivity index (χ3n) is 4.55. The zero-order chi connectivity index (χ0) is 23.1. The molecule has 0 fully saturated rings. The number of nitrogens with one attached hydrogen (secondary N) is 1. The molecule has 0 saturated heterocycles. The van der Waals surface area contributed by atoms with Crippen LogP contribution in [0.25, 0.3) is 12.2 Å². The van der Waals surface area contributed by atoms with Crippen molar-refractivity contribution in [3.8, 4) is 5.75 Å². The van der Waals surface area contributed by atoms with Gasteiger partial charge in [0.05, 0.1) is 17.7 Å². The van der Waals surface area contributed by atoms with Crippen LogP contribution in [0.1, 0.15) is 11.1 Å².